The molecule has 1 N–H and O–H groups in total. The summed E-state index contributed by atoms with van der Waals surface area (Å²) in [5.41, 5.74) is 2.11. The van der Waals surface area contributed by atoms with E-state index in [9.17, 15) is 18.0 Å². The number of nitrogens with one attached hydrogen (secondary N) is 1. The predicted octanol–water partition coefficient (Wildman–Crippen LogP) is 6.02. The molecule has 1 aromatic heterocycles. The molecule has 8 heteroatoms. The topological polar surface area (TPSA) is 56.2 Å². The SMILES string of the molecule is CCCC(Nc1ccc(-n2cc(C(F)(F)F)cn2)cc1)c1ccc(C(=O)OCC)cc1. The minimum absolute atomic E-state index is 0.0219. The van der Waals surface area contributed by atoms with Crippen LogP contribution >= 0.6 is 0 Å². The molecule has 0 radical (unpaired) electrons. The Balaban J connectivity index is 1.73. The average Bonchev–Trinajstić information content (AvgIpc) is 3.25. The van der Waals surface area contributed by atoms with Crippen molar-refractivity contribution in [3.8, 4) is 5.69 Å². The van der Waals surface area contributed by atoms with Crippen molar-refractivity contribution >= 4 is 11.7 Å². The van der Waals surface area contributed by atoms with Crippen molar-refractivity contribution in [1.82, 2.24) is 9.78 Å². The second kappa shape index (κ2) is 9.68. The molecule has 0 aliphatic heterocycles. The lowest BCUT2D eigenvalue weighted by atomic mass is 10.0. The molecule has 0 aliphatic rings. The van der Waals surface area contributed by atoms with E-state index in [1.54, 1.807) is 43.3 Å². The lowest BCUT2D eigenvalue weighted by Gasteiger charge is -2.20. The molecular weight excluding hydrogens is 407 g/mol. The number of halogens is 3. The number of carbonyl (C=O) groups is 1. The molecule has 2 aromatic carbocycles. The maximum Gasteiger partial charge on any atom is 0.419 e. The van der Waals surface area contributed by atoms with Crippen LogP contribution < -0.4 is 5.32 Å². The van der Waals surface area contributed by atoms with E-state index in [0.29, 0.717) is 17.9 Å². The van der Waals surface area contributed by atoms with Gasteiger partial charge < -0.3 is 10.1 Å². The molecule has 1 atom stereocenters. The van der Waals surface area contributed by atoms with Crippen LogP contribution in [0.15, 0.2) is 60.9 Å². The third-order valence-corrected chi connectivity index (χ3v) is 4.78. The second-order valence-electron chi connectivity index (χ2n) is 7.05. The summed E-state index contributed by atoms with van der Waals surface area (Å²) in [5.74, 6) is -0.350. The van der Waals surface area contributed by atoms with Crippen LogP contribution in [-0.4, -0.2) is 22.4 Å². The van der Waals surface area contributed by atoms with Gasteiger partial charge in [-0.3, -0.25) is 0 Å². The molecule has 3 aromatic rings. The molecule has 0 saturated carbocycles. The van der Waals surface area contributed by atoms with Gasteiger partial charge in [0.05, 0.1) is 35.7 Å². The molecule has 0 saturated heterocycles. The summed E-state index contributed by atoms with van der Waals surface area (Å²) in [6, 6.07) is 14.3. The quantitative estimate of drug-likeness (QED) is 0.443. The molecule has 0 bridgehead atoms. The van der Waals surface area contributed by atoms with Crippen LogP contribution in [0, 0.1) is 0 Å². The third-order valence-electron chi connectivity index (χ3n) is 4.78. The number of alkyl halides is 3. The molecule has 3 rings (SSSR count). The van der Waals surface area contributed by atoms with E-state index in [0.717, 1.165) is 36.5 Å². The van der Waals surface area contributed by atoms with E-state index < -0.39 is 11.7 Å². The fourth-order valence-corrected chi connectivity index (χ4v) is 3.20. The largest absolute Gasteiger partial charge is 0.462 e. The molecule has 0 fully saturated rings. The standard InChI is InChI=1S/C23H24F3N3O2/c1-3-5-21(16-6-8-17(9-7-16)22(30)31-4-2)28-19-10-12-20(13-11-19)29-15-18(14-27-29)23(24,25)26/h6-15,21,28H,3-5H2,1-2H3. The van der Waals surface area contributed by atoms with E-state index in [1.807, 2.05) is 12.1 Å². The fourth-order valence-electron chi connectivity index (χ4n) is 3.20. The second-order valence-corrected chi connectivity index (χ2v) is 7.05. The van der Waals surface area contributed by atoms with Crippen molar-refractivity contribution in [3.63, 3.8) is 0 Å². The molecule has 0 spiro atoms. The Morgan fingerprint density at radius 3 is 2.32 bits per heavy atom. The predicted molar refractivity (Wildman–Crippen MR) is 112 cm³/mol. The Morgan fingerprint density at radius 1 is 1.10 bits per heavy atom. The summed E-state index contributed by atoms with van der Waals surface area (Å²) in [5, 5.41) is 7.25. The van der Waals surface area contributed by atoms with Crippen LogP contribution in [0.1, 0.15) is 54.2 Å². The van der Waals surface area contributed by atoms with E-state index in [1.165, 1.54) is 4.68 Å². The summed E-state index contributed by atoms with van der Waals surface area (Å²) >= 11 is 0. The highest BCUT2D eigenvalue weighted by atomic mass is 19.4. The van der Waals surface area contributed by atoms with Gasteiger partial charge in [-0.25, -0.2) is 9.48 Å². The van der Waals surface area contributed by atoms with Crippen molar-refractivity contribution in [1.29, 1.82) is 0 Å². The Bertz CT molecular complexity index is 996. The van der Waals surface area contributed by atoms with Gasteiger partial charge in [0.15, 0.2) is 0 Å². The van der Waals surface area contributed by atoms with Gasteiger partial charge in [-0.05, 0) is 55.3 Å². The summed E-state index contributed by atoms with van der Waals surface area (Å²) < 4.78 is 44.5. The van der Waals surface area contributed by atoms with Gasteiger partial charge in [0.2, 0.25) is 0 Å². The van der Waals surface area contributed by atoms with E-state index in [-0.39, 0.29) is 12.0 Å². The zero-order valence-electron chi connectivity index (χ0n) is 17.3. The third kappa shape index (κ3) is 5.65. The summed E-state index contributed by atoms with van der Waals surface area (Å²) in [6.45, 7) is 4.17. The van der Waals surface area contributed by atoms with Gasteiger partial charge in [0.1, 0.15) is 0 Å². The number of anilines is 1. The molecular formula is C23H24F3N3O2. The van der Waals surface area contributed by atoms with Crippen LogP contribution in [-0.2, 0) is 10.9 Å². The van der Waals surface area contributed by atoms with Gasteiger partial charge in [-0.1, -0.05) is 25.5 Å². The monoisotopic (exact) mass is 431 g/mol. The highest BCUT2D eigenvalue weighted by Crippen LogP contribution is 2.29. The highest BCUT2D eigenvalue weighted by Gasteiger charge is 2.32. The number of benzene rings is 2. The molecule has 0 amide bonds. The minimum Gasteiger partial charge on any atom is -0.462 e. The van der Waals surface area contributed by atoms with E-state index >= 15 is 0 Å². The van der Waals surface area contributed by atoms with Crippen molar-refractivity contribution in [2.75, 3.05) is 11.9 Å². The number of aromatic nitrogens is 2. The number of nitrogens with zero attached hydrogens (tertiary/aromatic N) is 2. The van der Waals surface area contributed by atoms with E-state index in [4.69, 9.17) is 4.74 Å². The Kier molecular flexibility index (Phi) is 6.99. The number of ether oxygens (including phenoxy) is 1. The lowest BCUT2D eigenvalue weighted by molar-refractivity contribution is -0.137. The smallest absolute Gasteiger partial charge is 0.419 e. The normalized spacial score (nSPS) is 12.4. The Hall–Kier alpha value is -3.29. The van der Waals surface area contributed by atoms with Gasteiger partial charge in [0.25, 0.3) is 0 Å². The molecule has 1 unspecified atom stereocenters. The van der Waals surface area contributed by atoms with Gasteiger partial charge in [-0.15, -0.1) is 0 Å². The van der Waals surface area contributed by atoms with Crippen LogP contribution in [0.3, 0.4) is 0 Å². The molecule has 1 heterocycles. The van der Waals surface area contributed by atoms with Gasteiger partial charge >= 0.3 is 12.1 Å². The Morgan fingerprint density at radius 2 is 1.77 bits per heavy atom. The Labute approximate surface area is 178 Å². The van der Waals surface area contributed by atoms with Gasteiger partial charge in [0, 0.05) is 11.9 Å². The maximum atomic E-state index is 12.8. The summed E-state index contributed by atoms with van der Waals surface area (Å²) in [4.78, 5) is 11.8. The van der Waals surface area contributed by atoms with Crippen molar-refractivity contribution in [2.45, 2.75) is 38.9 Å². The number of esters is 1. The van der Waals surface area contributed by atoms with Crippen LogP contribution in [0.4, 0.5) is 18.9 Å². The first-order valence-electron chi connectivity index (χ1n) is 10.1. The molecule has 0 aliphatic carbocycles. The lowest BCUT2D eigenvalue weighted by Crippen LogP contribution is -2.11. The van der Waals surface area contributed by atoms with Crippen molar-refractivity contribution in [2.24, 2.45) is 0 Å². The first kappa shape index (κ1) is 22.4. The number of hydrogen-bond acceptors (Lipinski definition) is 4. The van der Waals surface area contributed by atoms with Crippen LogP contribution in [0.5, 0.6) is 0 Å². The first-order chi connectivity index (χ1) is 14.8. The maximum absolute atomic E-state index is 12.8. The van der Waals surface area contributed by atoms with Crippen LogP contribution in [0.2, 0.25) is 0 Å². The van der Waals surface area contributed by atoms with Crippen molar-refractivity contribution in [3.05, 3.63) is 77.6 Å². The number of rotatable bonds is 8. The average molecular weight is 431 g/mol. The summed E-state index contributed by atoms with van der Waals surface area (Å²) in [7, 11) is 0. The van der Waals surface area contributed by atoms with Crippen molar-refractivity contribution < 1.29 is 22.7 Å². The molecule has 31 heavy (non-hydrogen) atoms. The summed E-state index contributed by atoms with van der Waals surface area (Å²) in [6.07, 6.45) is -0.829. The van der Waals surface area contributed by atoms with Gasteiger partial charge in [-0.2, -0.15) is 18.3 Å². The number of carbonyl (C=O) groups excluding carboxylic acids is 1. The first-order valence-corrected chi connectivity index (χ1v) is 10.1. The minimum atomic E-state index is -4.42. The molecule has 164 valence electrons. The van der Waals surface area contributed by atoms with E-state index in [2.05, 4.69) is 17.3 Å². The highest BCUT2D eigenvalue weighted by molar-refractivity contribution is 5.89. The zero-order valence-corrected chi connectivity index (χ0v) is 17.3. The fraction of sp³-hybridized carbons (Fsp3) is 0.304. The molecule has 5 nitrogen and oxygen atoms in total. The zero-order chi connectivity index (χ0) is 22.4. The number of hydrogen-bond donors (Lipinski definition) is 1. The van der Waals surface area contributed by atoms with Crippen LogP contribution in [0.25, 0.3) is 5.69 Å².